The Morgan fingerprint density at radius 2 is 2.06 bits per heavy atom. The van der Waals surface area contributed by atoms with Crippen molar-refractivity contribution >= 4 is 29.2 Å². The zero-order chi connectivity index (χ0) is 13.0. The lowest BCUT2D eigenvalue weighted by Crippen LogP contribution is -2.21. The molecule has 0 bridgehead atoms. The molecule has 4 nitrogen and oxygen atoms in total. The Balaban J connectivity index is 2.00. The van der Waals surface area contributed by atoms with Crippen molar-refractivity contribution in [3.63, 3.8) is 0 Å². The van der Waals surface area contributed by atoms with Gasteiger partial charge in [0, 0.05) is 4.88 Å². The van der Waals surface area contributed by atoms with Crippen molar-refractivity contribution in [2.75, 3.05) is 5.43 Å². The Labute approximate surface area is 109 Å². The Bertz CT molecular complexity index is 573. The number of hydrogen-bond donors (Lipinski definition) is 1. The number of hydrogen-bond acceptors (Lipinski definition) is 5. The minimum absolute atomic E-state index is 0.152. The van der Waals surface area contributed by atoms with E-state index in [1.165, 1.54) is 17.7 Å². The highest BCUT2D eigenvalue weighted by atomic mass is 32.1. The van der Waals surface area contributed by atoms with Crippen molar-refractivity contribution in [3.8, 4) is 0 Å². The van der Waals surface area contributed by atoms with Gasteiger partial charge in [0.25, 0.3) is 0 Å². The monoisotopic (exact) mass is 259 g/mol. The van der Waals surface area contributed by atoms with E-state index in [1.807, 2.05) is 18.4 Å². The molecule has 92 valence electrons. The van der Waals surface area contributed by atoms with Crippen LogP contribution in [0.5, 0.6) is 0 Å². The van der Waals surface area contributed by atoms with E-state index in [0.29, 0.717) is 0 Å². The predicted octanol–water partition coefficient (Wildman–Crippen LogP) is 1.87. The van der Waals surface area contributed by atoms with Gasteiger partial charge in [-0.1, -0.05) is 12.1 Å². The lowest BCUT2D eigenvalue weighted by molar-refractivity contribution is -0.255. The molecule has 0 saturated carbocycles. The zero-order valence-corrected chi connectivity index (χ0v) is 10.5. The van der Waals surface area contributed by atoms with Crippen molar-refractivity contribution in [1.29, 1.82) is 0 Å². The van der Waals surface area contributed by atoms with Gasteiger partial charge in [-0.2, -0.15) is 5.10 Å². The summed E-state index contributed by atoms with van der Waals surface area (Å²) >= 11 is 1.62. The second kappa shape index (κ2) is 5.46. The molecular weight excluding hydrogens is 248 g/mol. The molecule has 1 aromatic carbocycles. The van der Waals surface area contributed by atoms with E-state index in [2.05, 4.69) is 10.5 Å². The fourth-order valence-electron chi connectivity index (χ4n) is 1.36. The van der Waals surface area contributed by atoms with Crippen molar-refractivity contribution in [2.45, 2.75) is 6.92 Å². The number of aryl methyl sites for hydroxylation is 1. The van der Waals surface area contributed by atoms with Crippen LogP contribution in [-0.2, 0) is 0 Å². The summed E-state index contributed by atoms with van der Waals surface area (Å²) in [6.07, 6.45) is 1.74. The molecule has 1 aromatic heterocycles. The lowest BCUT2D eigenvalue weighted by Gasteiger charge is -2.03. The number of anilines is 1. The first-order valence-electron chi connectivity index (χ1n) is 5.31. The molecule has 0 atom stereocenters. The van der Waals surface area contributed by atoms with Gasteiger partial charge >= 0.3 is 0 Å². The highest BCUT2D eigenvalue weighted by Crippen LogP contribution is 2.13. The van der Waals surface area contributed by atoms with Crippen LogP contribution in [0.1, 0.15) is 20.8 Å². The largest absolute Gasteiger partial charge is 0.545 e. The number of hydrazone groups is 1. The van der Waals surface area contributed by atoms with Crippen LogP contribution in [0.3, 0.4) is 0 Å². The highest BCUT2D eigenvalue weighted by Gasteiger charge is 1.95. The second-order valence-electron chi connectivity index (χ2n) is 3.70. The maximum atomic E-state index is 10.6. The summed E-state index contributed by atoms with van der Waals surface area (Å²) in [5, 5.41) is 16.7. The molecule has 0 unspecified atom stereocenters. The fourth-order valence-corrected chi connectivity index (χ4v) is 2.15. The van der Waals surface area contributed by atoms with Gasteiger partial charge in [-0.25, -0.2) is 0 Å². The van der Waals surface area contributed by atoms with Crippen molar-refractivity contribution in [1.82, 2.24) is 0 Å². The molecule has 0 aliphatic rings. The average molecular weight is 259 g/mol. The van der Waals surface area contributed by atoms with Gasteiger partial charge < -0.3 is 9.90 Å². The fraction of sp³-hybridized carbons (Fsp3) is 0.0769. The molecule has 18 heavy (non-hydrogen) atoms. The van der Waals surface area contributed by atoms with Gasteiger partial charge in [0.1, 0.15) is 0 Å². The summed E-state index contributed by atoms with van der Waals surface area (Å²) in [4.78, 5) is 11.7. The third-order valence-electron chi connectivity index (χ3n) is 2.40. The first kappa shape index (κ1) is 12.3. The van der Waals surface area contributed by atoms with Crippen LogP contribution < -0.4 is 10.5 Å². The quantitative estimate of drug-likeness (QED) is 0.673. The number of aromatic carboxylic acids is 1. The van der Waals surface area contributed by atoms with Gasteiger partial charge in [-0.15, -0.1) is 11.3 Å². The summed E-state index contributed by atoms with van der Waals surface area (Å²) in [5.41, 5.74) is 4.90. The summed E-state index contributed by atoms with van der Waals surface area (Å²) in [6, 6.07) is 8.27. The Kier molecular flexibility index (Phi) is 3.74. The van der Waals surface area contributed by atoms with Crippen LogP contribution in [0.25, 0.3) is 0 Å². The SMILES string of the molecule is Cc1ccsc1/C=N\Nc1ccc(C(=O)[O-])cc1. The van der Waals surface area contributed by atoms with Gasteiger partial charge in [0.15, 0.2) is 0 Å². The Morgan fingerprint density at radius 3 is 2.61 bits per heavy atom. The van der Waals surface area contributed by atoms with E-state index in [0.717, 1.165) is 10.6 Å². The number of carboxylic acid groups (broad SMARTS) is 1. The molecule has 0 radical (unpaired) electrons. The molecule has 1 heterocycles. The lowest BCUT2D eigenvalue weighted by atomic mass is 10.2. The highest BCUT2D eigenvalue weighted by molar-refractivity contribution is 7.11. The maximum absolute atomic E-state index is 10.6. The van der Waals surface area contributed by atoms with Crippen LogP contribution in [0, 0.1) is 6.92 Å². The smallest absolute Gasteiger partial charge is 0.0715 e. The summed E-state index contributed by atoms with van der Waals surface area (Å²) < 4.78 is 0. The Morgan fingerprint density at radius 1 is 1.33 bits per heavy atom. The first-order valence-corrected chi connectivity index (χ1v) is 6.19. The minimum atomic E-state index is -1.18. The second-order valence-corrected chi connectivity index (χ2v) is 4.65. The third-order valence-corrected chi connectivity index (χ3v) is 3.35. The van der Waals surface area contributed by atoms with Crippen molar-refractivity contribution in [3.05, 3.63) is 51.7 Å². The van der Waals surface area contributed by atoms with Gasteiger partial charge in [-0.3, -0.25) is 5.43 Å². The molecule has 0 saturated heterocycles. The van der Waals surface area contributed by atoms with Crippen LogP contribution in [0.15, 0.2) is 40.8 Å². The van der Waals surface area contributed by atoms with E-state index in [-0.39, 0.29) is 5.56 Å². The van der Waals surface area contributed by atoms with Crippen LogP contribution in [0.2, 0.25) is 0 Å². The standard InChI is InChI=1S/C13H12N2O2S/c1-9-6-7-18-12(9)8-14-15-11-4-2-10(3-5-11)13(16)17/h2-8,15H,1H3,(H,16,17)/p-1/b14-8-. The maximum Gasteiger partial charge on any atom is 0.0715 e. The van der Waals surface area contributed by atoms with E-state index in [4.69, 9.17) is 0 Å². The van der Waals surface area contributed by atoms with Gasteiger partial charge in [-0.05, 0) is 41.6 Å². The number of rotatable bonds is 4. The number of carbonyl (C=O) groups is 1. The summed E-state index contributed by atoms with van der Waals surface area (Å²) in [5.74, 6) is -1.18. The minimum Gasteiger partial charge on any atom is -0.545 e. The molecule has 0 amide bonds. The van der Waals surface area contributed by atoms with E-state index < -0.39 is 5.97 Å². The molecule has 2 rings (SSSR count). The molecule has 0 fully saturated rings. The molecule has 0 aliphatic carbocycles. The molecule has 5 heteroatoms. The number of benzene rings is 1. The topological polar surface area (TPSA) is 64.5 Å². The zero-order valence-electron chi connectivity index (χ0n) is 9.71. The van der Waals surface area contributed by atoms with Crippen molar-refractivity contribution < 1.29 is 9.90 Å². The summed E-state index contributed by atoms with van der Waals surface area (Å²) in [6.45, 7) is 2.02. The molecule has 0 spiro atoms. The van der Waals surface area contributed by atoms with Crippen LogP contribution >= 0.6 is 11.3 Å². The Hall–Kier alpha value is -2.14. The molecule has 1 N–H and O–H groups in total. The first-order chi connectivity index (χ1) is 8.66. The van der Waals surface area contributed by atoms with Gasteiger partial charge in [0.05, 0.1) is 17.9 Å². The average Bonchev–Trinajstić information content (AvgIpc) is 2.76. The predicted molar refractivity (Wildman–Crippen MR) is 71.0 cm³/mol. The van der Waals surface area contributed by atoms with E-state index in [1.54, 1.807) is 29.7 Å². The van der Waals surface area contributed by atoms with Crippen LogP contribution in [-0.4, -0.2) is 12.2 Å². The number of thiophene rings is 1. The number of carboxylic acids is 1. The van der Waals surface area contributed by atoms with Gasteiger partial charge in [0.2, 0.25) is 0 Å². The van der Waals surface area contributed by atoms with Crippen LogP contribution in [0.4, 0.5) is 5.69 Å². The van der Waals surface area contributed by atoms with E-state index in [9.17, 15) is 9.90 Å². The normalized spacial score (nSPS) is 10.7. The van der Waals surface area contributed by atoms with E-state index >= 15 is 0 Å². The van der Waals surface area contributed by atoms with Crippen molar-refractivity contribution in [2.24, 2.45) is 5.10 Å². The molecular formula is C13H11N2O2S-. The molecule has 0 aliphatic heterocycles. The number of nitrogens with one attached hydrogen (secondary N) is 1. The third kappa shape index (κ3) is 2.95. The number of carbonyl (C=O) groups excluding carboxylic acids is 1. The summed E-state index contributed by atoms with van der Waals surface area (Å²) in [7, 11) is 0. The molecule has 2 aromatic rings. The number of nitrogens with zero attached hydrogens (tertiary/aromatic N) is 1.